The van der Waals surface area contributed by atoms with Crippen LogP contribution in [0.25, 0.3) is 0 Å². The zero-order chi connectivity index (χ0) is 24.4. The number of aryl methyl sites for hydroxylation is 1. The molecule has 0 fully saturated rings. The average Bonchev–Trinajstić information content (AvgIpc) is 3.12. The van der Waals surface area contributed by atoms with Gasteiger partial charge in [0.25, 0.3) is 5.91 Å². The van der Waals surface area contributed by atoms with Crippen LogP contribution < -0.4 is 10.1 Å². The first-order valence-electron chi connectivity index (χ1n) is 10.4. The Bertz CT molecular complexity index is 997. The third kappa shape index (κ3) is 7.31. The topological polar surface area (TPSA) is 117 Å². The minimum Gasteiger partial charge on any atom is -0.497 e. The lowest BCUT2D eigenvalue weighted by Gasteiger charge is -2.08. The van der Waals surface area contributed by atoms with Crippen molar-refractivity contribution < 1.29 is 38.1 Å². The predicted molar refractivity (Wildman–Crippen MR) is 122 cm³/mol. The van der Waals surface area contributed by atoms with Crippen molar-refractivity contribution in [2.45, 2.75) is 33.6 Å². The van der Waals surface area contributed by atoms with Crippen molar-refractivity contribution in [2.75, 3.05) is 32.2 Å². The van der Waals surface area contributed by atoms with E-state index < -0.39 is 30.4 Å². The molecule has 0 spiro atoms. The largest absolute Gasteiger partial charge is 0.497 e. The summed E-state index contributed by atoms with van der Waals surface area (Å²) in [7, 11) is 1.57. The number of hydrogen-bond acceptors (Lipinski definition) is 9. The van der Waals surface area contributed by atoms with E-state index >= 15 is 0 Å². The lowest BCUT2D eigenvalue weighted by molar-refractivity contribution is -0.147. The Morgan fingerprint density at radius 3 is 2.18 bits per heavy atom. The molecule has 2 rings (SSSR count). The summed E-state index contributed by atoms with van der Waals surface area (Å²) in [5, 5.41) is 2.66. The van der Waals surface area contributed by atoms with Crippen molar-refractivity contribution in [3.63, 3.8) is 0 Å². The molecule has 1 aromatic carbocycles. The highest BCUT2D eigenvalue weighted by atomic mass is 32.1. The summed E-state index contributed by atoms with van der Waals surface area (Å²) in [6.45, 7) is 4.65. The van der Waals surface area contributed by atoms with Gasteiger partial charge in [0.1, 0.15) is 15.6 Å². The molecule has 0 aliphatic rings. The first-order valence-corrected chi connectivity index (χ1v) is 11.2. The minimum absolute atomic E-state index is 0.0732. The van der Waals surface area contributed by atoms with E-state index in [1.54, 1.807) is 40.0 Å². The van der Waals surface area contributed by atoms with Gasteiger partial charge in [-0.15, -0.1) is 11.3 Å². The van der Waals surface area contributed by atoms with Crippen molar-refractivity contribution in [2.24, 2.45) is 0 Å². The molecule has 1 amide bonds. The molecule has 0 saturated carbocycles. The van der Waals surface area contributed by atoms with E-state index in [2.05, 4.69) is 5.32 Å². The molecule has 33 heavy (non-hydrogen) atoms. The SMILES string of the molecule is CCOC(=O)c1sc(NC(=O)COC(=O)CCc2ccc(OC)cc2)c(C(=O)OCC)c1C. The molecule has 0 unspecified atom stereocenters. The number of benzene rings is 1. The number of amides is 1. The third-order valence-electron chi connectivity index (χ3n) is 4.48. The molecule has 0 aliphatic heterocycles. The number of esters is 3. The lowest BCUT2D eigenvalue weighted by atomic mass is 10.1. The first kappa shape index (κ1) is 25.9. The number of nitrogens with one attached hydrogen (secondary N) is 1. The van der Waals surface area contributed by atoms with Crippen molar-refractivity contribution in [3.05, 3.63) is 45.8 Å². The maximum absolute atomic E-state index is 12.4. The number of ether oxygens (including phenoxy) is 4. The summed E-state index contributed by atoms with van der Waals surface area (Å²) < 4.78 is 20.2. The summed E-state index contributed by atoms with van der Waals surface area (Å²) >= 11 is 0.903. The quantitative estimate of drug-likeness (QED) is 0.386. The normalized spacial score (nSPS) is 10.3. The fraction of sp³-hybridized carbons (Fsp3) is 0.391. The Hall–Kier alpha value is -3.40. The third-order valence-corrected chi connectivity index (χ3v) is 5.67. The van der Waals surface area contributed by atoms with E-state index in [1.165, 1.54) is 0 Å². The molecule has 9 nitrogen and oxygen atoms in total. The summed E-state index contributed by atoms with van der Waals surface area (Å²) in [6, 6.07) is 7.28. The van der Waals surface area contributed by atoms with Gasteiger partial charge in [0.2, 0.25) is 0 Å². The summed E-state index contributed by atoms with van der Waals surface area (Å²) in [6.07, 6.45) is 0.545. The number of methoxy groups -OCH3 is 1. The van der Waals surface area contributed by atoms with E-state index in [0.29, 0.717) is 12.0 Å². The fourth-order valence-corrected chi connectivity index (χ4v) is 3.97. The van der Waals surface area contributed by atoms with Gasteiger partial charge in [-0.05, 0) is 50.5 Å². The molecule has 0 radical (unpaired) electrons. The van der Waals surface area contributed by atoms with Crippen LogP contribution in [-0.4, -0.2) is 50.7 Å². The lowest BCUT2D eigenvalue weighted by Crippen LogP contribution is -2.22. The van der Waals surface area contributed by atoms with Crippen molar-refractivity contribution in [1.82, 2.24) is 0 Å². The van der Waals surface area contributed by atoms with Crippen LogP contribution in [0.1, 0.15) is 51.4 Å². The smallest absolute Gasteiger partial charge is 0.348 e. The number of anilines is 1. The Morgan fingerprint density at radius 1 is 0.939 bits per heavy atom. The molecular weight excluding hydrogens is 450 g/mol. The molecule has 2 aromatic rings. The van der Waals surface area contributed by atoms with Crippen LogP contribution in [0.4, 0.5) is 5.00 Å². The Labute approximate surface area is 196 Å². The highest BCUT2D eigenvalue weighted by Gasteiger charge is 2.27. The number of carbonyl (C=O) groups excluding carboxylic acids is 4. The second kappa shape index (κ2) is 12.6. The predicted octanol–water partition coefficient (Wildman–Crippen LogP) is 3.53. The highest BCUT2D eigenvalue weighted by molar-refractivity contribution is 7.18. The van der Waals surface area contributed by atoms with Crippen molar-refractivity contribution in [3.8, 4) is 5.75 Å². The molecule has 1 aromatic heterocycles. The van der Waals surface area contributed by atoms with Crippen molar-refractivity contribution in [1.29, 1.82) is 0 Å². The Morgan fingerprint density at radius 2 is 1.58 bits per heavy atom. The summed E-state index contributed by atoms with van der Waals surface area (Å²) in [5.41, 5.74) is 1.35. The van der Waals surface area contributed by atoms with Gasteiger partial charge in [-0.1, -0.05) is 12.1 Å². The van der Waals surface area contributed by atoms with Gasteiger partial charge in [-0.2, -0.15) is 0 Å². The Kier molecular flexibility index (Phi) is 9.86. The Balaban J connectivity index is 1.98. The van der Waals surface area contributed by atoms with Gasteiger partial charge in [-0.25, -0.2) is 9.59 Å². The van der Waals surface area contributed by atoms with Crippen LogP contribution in [0.3, 0.4) is 0 Å². The van der Waals surface area contributed by atoms with E-state index in [-0.39, 0.29) is 35.1 Å². The zero-order valence-corrected chi connectivity index (χ0v) is 19.8. The van der Waals surface area contributed by atoms with Crippen LogP contribution in [0, 0.1) is 6.92 Å². The van der Waals surface area contributed by atoms with Gasteiger partial charge in [0.05, 0.1) is 25.9 Å². The highest BCUT2D eigenvalue weighted by Crippen LogP contribution is 2.34. The van der Waals surface area contributed by atoms with Crippen LogP contribution in [0.5, 0.6) is 5.75 Å². The van der Waals surface area contributed by atoms with Gasteiger partial charge >= 0.3 is 17.9 Å². The van der Waals surface area contributed by atoms with Gasteiger partial charge in [0, 0.05) is 6.42 Å². The fourth-order valence-electron chi connectivity index (χ4n) is 2.86. The molecule has 0 aliphatic carbocycles. The van der Waals surface area contributed by atoms with Crippen LogP contribution in [0.15, 0.2) is 24.3 Å². The van der Waals surface area contributed by atoms with Crippen LogP contribution in [-0.2, 0) is 30.2 Å². The van der Waals surface area contributed by atoms with E-state index in [9.17, 15) is 19.2 Å². The second-order valence-electron chi connectivity index (χ2n) is 6.76. The summed E-state index contributed by atoms with van der Waals surface area (Å²) in [4.78, 5) is 49.1. The maximum atomic E-state index is 12.4. The molecule has 178 valence electrons. The average molecular weight is 478 g/mol. The van der Waals surface area contributed by atoms with Crippen LogP contribution >= 0.6 is 11.3 Å². The molecule has 0 bridgehead atoms. The van der Waals surface area contributed by atoms with Gasteiger partial charge in [0.15, 0.2) is 6.61 Å². The number of thiophene rings is 1. The number of carbonyl (C=O) groups is 4. The van der Waals surface area contributed by atoms with E-state index in [1.807, 2.05) is 12.1 Å². The number of rotatable bonds is 11. The molecule has 0 saturated heterocycles. The summed E-state index contributed by atoms with van der Waals surface area (Å²) in [5.74, 6) is -1.74. The molecule has 0 atom stereocenters. The standard InChI is InChI=1S/C23H27NO8S/c1-5-30-22(27)19-14(3)20(23(28)31-6-2)33-21(19)24-17(25)13-32-18(26)12-9-15-7-10-16(29-4)11-8-15/h7-8,10-11H,5-6,9,12-13H2,1-4H3,(H,24,25). The first-order chi connectivity index (χ1) is 15.8. The van der Waals surface area contributed by atoms with Gasteiger partial charge in [-0.3, -0.25) is 9.59 Å². The van der Waals surface area contributed by atoms with E-state index in [0.717, 1.165) is 22.6 Å². The number of hydrogen-bond donors (Lipinski definition) is 1. The maximum Gasteiger partial charge on any atom is 0.348 e. The van der Waals surface area contributed by atoms with Crippen LogP contribution in [0.2, 0.25) is 0 Å². The molecular formula is C23H27NO8S. The van der Waals surface area contributed by atoms with E-state index in [4.69, 9.17) is 18.9 Å². The molecule has 10 heteroatoms. The second-order valence-corrected chi connectivity index (χ2v) is 7.78. The monoisotopic (exact) mass is 477 g/mol. The molecule has 1 heterocycles. The zero-order valence-electron chi connectivity index (χ0n) is 19.0. The minimum atomic E-state index is -0.673. The van der Waals surface area contributed by atoms with Gasteiger partial charge < -0.3 is 24.3 Å². The molecule has 1 N–H and O–H groups in total. The van der Waals surface area contributed by atoms with Crippen molar-refractivity contribution >= 4 is 40.2 Å².